The van der Waals surface area contributed by atoms with Crippen LogP contribution in [0.1, 0.15) is 37.7 Å². The molecule has 1 aliphatic rings. The number of hydrogen-bond donors (Lipinski definition) is 1. The van der Waals surface area contributed by atoms with Crippen LogP contribution < -0.4 is 0 Å². The first-order valence-corrected chi connectivity index (χ1v) is 6.47. The lowest BCUT2D eigenvalue weighted by Crippen LogP contribution is -2.15. The van der Waals surface area contributed by atoms with E-state index in [9.17, 15) is 8.42 Å². The fourth-order valence-corrected chi connectivity index (χ4v) is 3.13. The third-order valence-corrected chi connectivity index (χ3v) is 4.19. The zero-order chi connectivity index (χ0) is 10.3. The molecular formula is C9H14N2O2S. The predicted molar refractivity (Wildman–Crippen MR) is 53.1 cm³/mol. The summed E-state index contributed by atoms with van der Waals surface area (Å²) in [6, 6.07) is 0. The van der Waals surface area contributed by atoms with Gasteiger partial charge in [-0.15, -0.1) is 0 Å². The summed E-state index contributed by atoms with van der Waals surface area (Å²) in [4.78, 5) is 7.26. The molecule has 78 valence electrons. The number of aromatic nitrogens is 2. The van der Waals surface area contributed by atoms with Crippen LogP contribution in [0.4, 0.5) is 0 Å². The van der Waals surface area contributed by atoms with E-state index in [4.69, 9.17) is 0 Å². The van der Waals surface area contributed by atoms with E-state index in [1.165, 1.54) is 0 Å². The maximum Gasteiger partial charge on any atom is 0.197 e. The van der Waals surface area contributed by atoms with E-state index < -0.39 is 9.84 Å². The summed E-state index contributed by atoms with van der Waals surface area (Å²) >= 11 is 0. The van der Waals surface area contributed by atoms with Gasteiger partial charge in [0.05, 0.1) is 11.4 Å². The van der Waals surface area contributed by atoms with Crippen molar-refractivity contribution in [2.75, 3.05) is 5.75 Å². The summed E-state index contributed by atoms with van der Waals surface area (Å²) in [5.74, 6) is 1.26. The molecule has 4 nitrogen and oxygen atoms in total. The van der Waals surface area contributed by atoms with Crippen LogP contribution in [-0.2, 0) is 16.3 Å². The minimum atomic E-state index is -3.10. The van der Waals surface area contributed by atoms with Gasteiger partial charge in [-0.2, -0.15) is 0 Å². The number of sulfone groups is 1. The summed E-state index contributed by atoms with van der Waals surface area (Å²) in [6.45, 7) is 3.99. The third kappa shape index (κ3) is 1.45. The second-order valence-electron chi connectivity index (χ2n) is 3.98. The Balaban J connectivity index is 2.55. The predicted octanol–water partition coefficient (Wildman–Crippen LogP) is 1.25. The second kappa shape index (κ2) is 3.08. The van der Waals surface area contributed by atoms with Crippen LogP contribution in [0, 0.1) is 0 Å². The standard InChI is InChI=1S/C9H14N2O2S/c1-6(2)8-10-7-4-3-5-14(12,13)9(7)11-8/h6H,3-5H2,1-2H3,(H,10,11). The van der Waals surface area contributed by atoms with Crippen molar-refractivity contribution in [1.29, 1.82) is 0 Å². The summed E-state index contributed by atoms with van der Waals surface area (Å²) in [6.07, 6.45) is 1.50. The van der Waals surface area contributed by atoms with E-state index in [0.29, 0.717) is 6.42 Å². The van der Waals surface area contributed by atoms with Crippen molar-refractivity contribution in [2.45, 2.75) is 37.6 Å². The molecule has 0 fully saturated rings. The van der Waals surface area contributed by atoms with Gasteiger partial charge in [0.25, 0.3) is 0 Å². The van der Waals surface area contributed by atoms with Crippen LogP contribution in [0.5, 0.6) is 0 Å². The smallest absolute Gasteiger partial charge is 0.197 e. The summed E-state index contributed by atoms with van der Waals surface area (Å²) in [5.41, 5.74) is 0.792. The van der Waals surface area contributed by atoms with Crippen molar-refractivity contribution < 1.29 is 8.42 Å². The zero-order valence-electron chi connectivity index (χ0n) is 8.37. The van der Waals surface area contributed by atoms with Crippen molar-refractivity contribution >= 4 is 9.84 Å². The van der Waals surface area contributed by atoms with Crippen LogP contribution in [0.3, 0.4) is 0 Å². The Hall–Kier alpha value is -0.840. The van der Waals surface area contributed by atoms with E-state index in [2.05, 4.69) is 9.97 Å². The van der Waals surface area contributed by atoms with E-state index in [1.54, 1.807) is 0 Å². The van der Waals surface area contributed by atoms with Crippen molar-refractivity contribution in [2.24, 2.45) is 0 Å². The van der Waals surface area contributed by atoms with E-state index in [1.807, 2.05) is 13.8 Å². The van der Waals surface area contributed by atoms with E-state index >= 15 is 0 Å². The Morgan fingerprint density at radius 1 is 1.43 bits per heavy atom. The van der Waals surface area contributed by atoms with Crippen molar-refractivity contribution in [3.05, 3.63) is 11.5 Å². The Kier molecular flexibility index (Phi) is 2.14. The highest BCUT2D eigenvalue weighted by Crippen LogP contribution is 2.24. The minimum absolute atomic E-state index is 0.238. The molecule has 0 spiro atoms. The van der Waals surface area contributed by atoms with Crippen LogP contribution in [0.25, 0.3) is 0 Å². The molecular weight excluding hydrogens is 200 g/mol. The molecule has 0 amide bonds. The van der Waals surface area contributed by atoms with Gasteiger partial charge in [0, 0.05) is 5.92 Å². The zero-order valence-corrected chi connectivity index (χ0v) is 9.19. The lowest BCUT2D eigenvalue weighted by atomic mass is 10.2. The van der Waals surface area contributed by atoms with Gasteiger partial charge in [0.15, 0.2) is 14.9 Å². The molecule has 0 radical (unpaired) electrons. The lowest BCUT2D eigenvalue weighted by molar-refractivity contribution is 0.581. The van der Waals surface area contributed by atoms with Crippen molar-refractivity contribution in [3.8, 4) is 0 Å². The van der Waals surface area contributed by atoms with Crippen LogP contribution in [0.15, 0.2) is 5.03 Å². The van der Waals surface area contributed by atoms with Gasteiger partial charge < -0.3 is 4.98 Å². The molecule has 1 aromatic heterocycles. The van der Waals surface area contributed by atoms with E-state index in [-0.39, 0.29) is 16.7 Å². The summed E-state index contributed by atoms with van der Waals surface area (Å²) in [5, 5.41) is 0.285. The molecule has 1 aromatic rings. The average Bonchev–Trinajstić information content (AvgIpc) is 2.48. The number of imidazole rings is 1. The molecule has 2 rings (SSSR count). The van der Waals surface area contributed by atoms with Gasteiger partial charge >= 0.3 is 0 Å². The minimum Gasteiger partial charge on any atom is -0.345 e. The Bertz CT molecular complexity index is 445. The maximum absolute atomic E-state index is 11.6. The van der Waals surface area contributed by atoms with Gasteiger partial charge in [-0.25, -0.2) is 13.4 Å². The molecule has 0 aromatic carbocycles. The van der Waals surface area contributed by atoms with Crippen LogP contribution in [-0.4, -0.2) is 24.1 Å². The largest absolute Gasteiger partial charge is 0.345 e. The molecule has 0 bridgehead atoms. The van der Waals surface area contributed by atoms with E-state index in [0.717, 1.165) is 17.9 Å². The number of H-pyrrole nitrogens is 1. The highest BCUT2D eigenvalue weighted by molar-refractivity contribution is 7.91. The monoisotopic (exact) mass is 214 g/mol. The average molecular weight is 214 g/mol. The van der Waals surface area contributed by atoms with Gasteiger partial charge in [-0.1, -0.05) is 13.8 Å². The molecule has 5 heteroatoms. The first-order valence-electron chi connectivity index (χ1n) is 4.82. The number of aryl methyl sites for hydroxylation is 1. The SMILES string of the molecule is CC(C)c1nc2c([nH]1)CCCS2(=O)=O. The highest BCUT2D eigenvalue weighted by atomic mass is 32.2. The topological polar surface area (TPSA) is 62.8 Å². The molecule has 0 atom stereocenters. The lowest BCUT2D eigenvalue weighted by Gasteiger charge is -2.08. The fourth-order valence-electron chi connectivity index (χ4n) is 1.65. The van der Waals surface area contributed by atoms with Gasteiger partial charge in [-0.05, 0) is 12.8 Å². The molecule has 0 saturated carbocycles. The summed E-state index contributed by atoms with van der Waals surface area (Å²) < 4.78 is 23.3. The number of aromatic amines is 1. The quantitative estimate of drug-likeness (QED) is 0.765. The molecule has 1 N–H and O–H groups in total. The molecule has 0 saturated heterocycles. The molecule has 0 unspecified atom stereocenters. The van der Waals surface area contributed by atoms with Crippen molar-refractivity contribution in [3.63, 3.8) is 0 Å². The highest BCUT2D eigenvalue weighted by Gasteiger charge is 2.27. The normalized spacial score (nSPS) is 19.6. The first-order chi connectivity index (χ1) is 6.50. The Morgan fingerprint density at radius 3 is 2.71 bits per heavy atom. The number of fused-ring (bicyclic) bond motifs is 1. The summed E-state index contributed by atoms with van der Waals surface area (Å²) in [7, 11) is -3.10. The number of nitrogens with one attached hydrogen (secondary N) is 1. The van der Waals surface area contributed by atoms with Gasteiger partial charge in [0.2, 0.25) is 0 Å². The van der Waals surface area contributed by atoms with Crippen LogP contribution in [0.2, 0.25) is 0 Å². The fraction of sp³-hybridized carbons (Fsp3) is 0.667. The van der Waals surface area contributed by atoms with Gasteiger partial charge in [0.1, 0.15) is 5.82 Å². The Labute approximate surface area is 83.7 Å². The Morgan fingerprint density at radius 2 is 2.14 bits per heavy atom. The molecule has 0 aliphatic carbocycles. The second-order valence-corrected chi connectivity index (χ2v) is 6.01. The van der Waals surface area contributed by atoms with Crippen LogP contribution >= 0.6 is 0 Å². The molecule has 2 heterocycles. The third-order valence-electron chi connectivity index (χ3n) is 2.44. The van der Waals surface area contributed by atoms with Crippen molar-refractivity contribution in [1.82, 2.24) is 9.97 Å². The first kappa shape index (κ1) is 9.71. The molecule has 14 heavy (non-hydrogen) atoms. The maximum atomic E-state index is 11.6. The number of hydrogen-bond acceptors (Lipinski definition) is 3. The molecule has 1 aliphatic heterocycles. The number of rotatable bonds is 1. The number of nitrogens with zero attached hydrogens (tertiary/aromatic N) is 1. The van der Waals surface area contributed by atoms with Gasteiger partial charge in [-0.3, -0.25) is 0 Å².